The van der Waals surface area contributed by atoms with Gasteiger partial charge in [0.2, 0.25) is 0 Å². The van der Waals surface area contributed by atoms with Crippen molar-refractivity contribution in [2.75, 3.05) is 0 Å². The van der Waals surface area contributed by atoms with Crippen molar-refractivity contribution in [2.24, 2.45) is 0 Å². The number of aliphatic hydroxyl groups excluding tert-OH is 1. The van der Waals surface area contributed by atoms with E-state index in [1.807, 2.05) is 13.8 Å². The molecule has 0 spiro atoms. The lowest BCUT2D eigenvalue weighted by Crippen LogP contribution is -2.14. The standard InChI is InChI=1S/C14H16FNOS/c1-9-10(2)18-14(16-9)8-12(17)7-11-5-3-4-6-13(11)15/h3-6,12,17H,7-8H2,1-2H3. The second kappa shape index (κ2) is 5.59. The van der Waals surface area contributed by atoms with Gasteiger partial charge in [-0.25, -0.2) is 9.37 Å². The van der Waals surface area contributed by atoms with E-state index in [0.717, 1.165) is 10.7 Å². The van der Waals surface area contributed by atoms with Crippen LogP contribution in [0.25, 0.3) is 0 Å². The number of hydrogen-bond acceptors (Lipinski definition) is 3. The lowest BCUT2D eigenvalue weighted by molar-refractivity contribution is 0.174. The monoisotopic (exact) mass is 265 g/mol. The summed E-state index contributed by atoms with van der Waals surface area (Å²) in [6, 6.07) is 6.55. The Balaban J connectivity index is 2.01. The second-order valence-corrected chi connectivity index (χ2v) is 5.69. The first-order valence-corrected chi connectivity index (χ1v) is 6.72. The Morgan fingerprint density at radius 2 is 2.00 bits per heavy atom. The van der Waals surface area contributed by atoms with Crippen LogP contribution in [0.5, 0.6) is 0 Å². The second-order valence-electron chi connectivity index (χ2n) is 4.40. The van der Waals surface area contributed by atoms with Crippen LogP contribution in [-0.2, 0) is 12.8 Å². The van der Waals surface area contributed by atoms with E-state index in [0.29, 0.717) is 18.4 Å². The highest BCUT2D eigenvalue weighted by atomic mass is 32.1. The summed E-state index contributed by atoms with van der Waals surface area (Å²) in [5.74, 6) is -0.261. The molecule has 0 amide bonds. The molecule has 0 saturated heterocycles. The zero-order valence-corrected chi connectivity index (χ0v) is 11.3. The number of nitrogens with zero attached hydrogens (tertiary/aromatic N) is 1. The maximum atomic E-state index is 13.4. The molecule has 4 heteroatoms. The summed E-state index contributed by atoms with van der Waals surface area (Å²) in [5, 5.41) is 10.9. The minimum atomic E-state index is -0.591. The number of benzene rings is 1. The number of aryl methyl sites for hydroxylation is 2. The van der Waals surface area contributed by atoms with E-state index in [1.54, 1.807) is 29.5 Å². The van der Waals surface area contributed by atoms with Crippen LogP contribution in [0.4, 0.5) is 4.39 Å². The van der Waals surface area contributed by atoms with Crippen molar-refractivity contribution in [3.8, 4) is 0 Å². The van der Waals surface area contributed by atoms with Gasteiger partial charge in [-0.1, -0.05) is 18.2 Å². The molecule has 1 unspecified atom stereocenters. The Bertz CT molecular complexity index is 519. The van der Waals surface area contributed by atoms with Gasteiger partial charge in [-0.2, -0.15) is 0 Å². The molecule has 1 N–H and O–H groups in total. The number of aliphatic hydroxyl groups is 1. The highest BCUT2D eigenvalue weighted by Crippen LogP contribution is 2.19. The van der Waals surface area contributed by atoms with Crippen molar-refractivity contribution in [3.05, 3.63) is 51.2 Å². The van der Waals surface area contributed by atoms with Crippen LogP contribution in [0.2, 0.25) is 0 Å². The van der Waals surface area contributed by atoms with Crippen molar-refractivity contribution >= 4 is 11.3 Å². The molecular formula is C14H16FNOS. The van der Waals surface area contributed by atoms with Gasteiger partial charge in [-0.05, 0) is 25.5 Å². The van der Waals surface area contributed by atoms with Crippen LogP contribution in [0.1, 0.15) is 21.1 Å². The van der Waals surface area contributed by atoms with Crippen molar-refractivity contribution in [3.63, 3.8) is 0 Å². The van der Waals surface area contributed by atoms with Crippen LogP contribution in [-0.4, -0.2) is 16.2 Å². The Morgan fingerprint density at radius 1 is 1.28 bits per heavy atom. The molecule has 0 bridgehead atoms. The molecule has 1 aromatic carbocycles. The summed E-state index contributed by atoms with van der Waals surface area (Å²) in [6.45, 7) is 3.97. The van der Waals surface area contributed by atoms with Gasteiger partial charge in [0.1, 0.15) is 5.82 Å². The third kappa shape index (κ3) is 3.15. The molecular weight excluding hydrogens is 249 g/mol. The maximum absolute atomic E-state index is 13.4. The molecule has 2 aromatic rings. The SMILES string of the molecule is Cc1nc(CC(O)Cc2ccccc2F)sc1C. The highest BCUT2D eigenvalue weighted by Gasteiger charge is 2.12. The molecule has 0 fully saturated rings. The van der Waals surface area contributed by atoms with E-state index in [4.69, 9.17) is 0 Å². The minimum absolute atomic E-state index is 0.261. The van der Waals surface area contributed by atoms with Crippen LogP contribution >= 0.6 is 11.3 Å². The minimum Gasteiger partial charge on any atom is -0.392 e. The van der Waals surface area contributed by atoms with Crippen molar-refractivity contribution in [2.45, 2.75) is 32.8 Å². The molecule has 1 heterocycles. The number of thiazole rings is 1. The first-order chi connectivity index (χ1) is 8.56. The Kier molecular flexibility index (Phi) is 4.09. The van der Waals surface area contributed by atoms with Gasteiger partial charge in [-0.15, -0.1) is 11.3 Å². The molecule has 2 rings (SSSR count). The summed E-state index contributed by atoms with van der Waals surface area (Å²) in [4.78, 5) is 5.55. The van der Waals surface area contributed by atoms with Crippen molar-refractivity contribution < 1.29 is 9.50 Å². The fraction of sp³-hybridized carbons (Fsp3) is 0.357. The third-order valence-electron chi connectivity index (χ3n) is 2.90. The number of aromatic nitrogens is 1. The van der Waals surface area contributed by atoms with Crippen LogP contribution in [0.3, 0.4) is 0 Å². The van der Waals surface area contributed by atoms with Gasteiger partial charge >= 0.3 is 0 Å². The fourth-order valence-electron chi connectivity index (χ4n) is 1.82. The zero-order chi connectivity index (χ0) is 13.1. The number of rotatable bonds is 4. The first-order valence-electron chi connectivity index (χ1n) is 5.90. The summed E-state index contributed by atoms with van der Waals surface area (Å²) in [5.41, 5.74) is 1.56. The Morgan fingerprint density at radius 3 is 2.61 bits per heavy atom. The summed E-state index contributed by atoms with van der Waals surface area (Å²) < 4.78 is 13.4. The molecule has 0 radical (unpaired) electrons. The molecule has 2 nitrogen and oxygen atoms in total. The van der Waals surface area contributed by atoms with Crippen molar-refractivity contribution in [1.82, 2.24) is 4.98 Å². The van der Waals surface area contributed by atoms with Crippen LogP contribution < -0.4 is 0 Å². The molecule has 1 aromatic heterocycles. The van der Waals surface area contributed by atoms with Gasteiger partial charge in [-0.3, -0.25) is 0 Å². The Labute approximate surface area is 110 Å². The molecule has 96 valence electrons. The molecule has 0 aliphatic carbocycles. The van der Waals surface area contributed by atoms with Gasteiger partial charge in [0, 0.05) is 17.7 Å². The smallest absolute Gasteiger partial charge is 0.126 e. The van der Waals surface area contributed by atoms with Crippen LogP contribution in [0.15, 0.2) is 24.3 Å². The molecule has 0 aliphatic heterocycles. The predicted molar refractivity (Wildman–Crippen MR) is 71.4 cm³/mol. The number of halogens is 1. The quantitative estimate of drug-likeness (QED) is 0.921. The molecule has 18 heavy (non-hydrogen) atoms. The molecule has 0 aliphatic rings. The largest absolute Gasteiger partial charge is 0.392 e. The topological polar surface area (TPSA) is 33.1 Å². The summed E-state index contributed by atoms with van der Waals surface area (Å²) >= 11 is 1.59. The van der Waals surface area contributed by atoms with Gasteiger partial charge in [0.05, 0.1) is 16.8 Å². The lowest BCUT2D eigenvalue weighted by Gasteiger charge is -2.09. The summed E-state index contributed by atoms with van der Waals surface area (Å²) in [6.07, 6.45) is 0.213. The van der Waals surface area contributed by atoms with Gasteiger partial charge in [0.25, 0.3) is 0 Å². The maximum Gasteiger partial charge on any atom is 0.126 e. The Hall–Kier alpha value is -1.26. The number of hydrogen-bond donors (Lipinski definition) is 1. The summed E-state index contributed by atoms with van der Waals surface area (Å²) in [7, 11) is 0. The van der Waals surface area contributed by atoms with E-state index >= 15 is 0 Å². The first kappa shape index (κ1) is 13.2. The normalized spacial score (nSPS) is 12.7. The highest BCUT2D eigenvalue weighted by molar-refractivity contribution is 7.11. The zero-order valence-electron chi connectivity index (χ0n) is 10.5. The third-order valence-corrected chi connectivity index (χ3v) is 3.99. The van der Waals surface area contributed by atoms with E-state index in [1.165, 1.54) is 10.9 Å². The predicted octanol–water partition coefficient (Wildman–Crippen LogP) is 3.05. The lowest BCUT2D eigenvalue weighted by atomic mass is 10.1. The van der Waals surface area contributed by atoms with E-state index in [-0.39, 0.29) is 5.82 Å². The average Bonchev–Trinajstić information content (AvgIpc) is 2.61. The average molecular weight is 265 g/mol. The fourth-order valence-corrected chi connectivity index (χ4v) is 2.82. The van der Waals surface area contributed by atoms with E-state index < -0.39 is 6.10 Å². The van der Waals surface area contributed by atoms with E-state index in [2.05, 4.69) is 4.98 Å². The van der Waals surface area contributed by atoms with Gasteiger partial charge in [0.15, 0.2) is 0 Å². The van der Waals surface area contributed by atoms with E-state index in [9.17, 15) is 9.50 Å². The molecule has 1 atom stereocenters. The van der Waals surface area contributed by atoms with Gasteiger partial charge < -0.3 is 5.11 Å². The van der Waals surface area contributed by atoms with Crippen molar-refractivity contribution in [1.29, 1.82) is 0 Å². The van der Waals surface area contributed by atoms with Crippen LogP contribution in [0, 0.1) is 19.7 Å². The molecule has 0 saturated carbocycles.